The molecule has 0 unspecified atom stereocenters. The molecule has 0 atom stereocenters. The average molecular weight is 453 g/mol. The smallest absolute Gasteiger partial charge is 0.126 e. The molecule has 0 spiro atoms. The van der Waals surface area contributed by atoms with Crippen molar-refractivity contribution in [2.24, 2.45) is 0 Å². The molecule has 3 N–H and O–H groups in total. The summed E-state index contributed by atoms with van der Waals surface area (Å²) in [6.07, 6.45) is 8.39. The number of nitrogens with one attached hydrogen (secondary N) is 3. The number of hydrogen-bond acceptors (Lipinski definition) is 4. The Morgan fingerprint density at radius 2 is 1.87 bits per heavy atom. The van der Waals surface area contributed by atoms with E-state index in [4.69, 9.17) is 0 Å². The van der Waals surface area contributed by atoms with Crippen molar-refractivity contribution in [3.63, 3.8) is 0 Å². The van der Waals surface area contributed by atoms with Crippen molar-refractivity contribution in [3.8, 4) is 11.3 Å². The van der Waals surface area contributed by atoms with Crippen LogP contribution >= 0.6 is 12.1 Å². The first-order chi connectivity index (χ1) is 14.9. The summed E-state index contributed by atoms with van der Waals surface area (Å²) in [7, 11) is 0. The van der Waals surface area contributed by atoms with E-state index in [0.29, 0.717) is 23.2 Å². The van der Waals surface area contributed by atoms with Gasteiger partial charge in [0.1, 0.15) is 17.5 Å². The molecule has 0 saturated heterocycles. The number of aromatic nitrogens is 2. The zero-order valence-corrected chi connectivity index (χ0v) is 18.9. The quantitative estimate of drug-likeness (QED) is 0.241. The number of benzene rings is 1. The summed E-state index contributed by atoms with van der Waals surface area (Å²) in [5, 5.41) is 7.30. The van der Waals surface area contributed by atoms with Crippen molar-refractivity contribution in [1.29, 1.82) is 0 Å². The van der Waals surface area contributed by atoms with Crippen LogP contribution in [0.4, 0.5) is 13.2 Å². The maximum Gasteiger partial charge on any atom is 0.126 e. The van der Waals surface area contributed by atoms with Gasteiger partial charge in [0.15, 0.2) is 0 Å². The summed E-state index contributed by atoms with van der Waals surface area (Å²) < 4.78 is 44.9. The molecule has 170 valence electrons. The van der Waals surface area contributed by atoms with Crippen LogP contribution in [0.3, 0.4) is 0 Å². The molecule has 1 aliphatic carbocycles. The molecule has 0 aliphatic heterocycles. The summed E-state index contributed by atoms with van der Waals surface area (Å²) in [6.45, 7) is 7.89. The lowest BCUT2D eigenvalue weighted by Crippen LogP contribution is -2.30. The molecule has 0 amide bonds. The summed E-state index contributed by atoms with van der Waals surface area (Å²) in [4.78, 5) is 0. The third kappa shape index (κ3) is 8.93. The van der Waals surface area contributed by atoms with Crippen LogP contribution in [0.2, 0.25) is 0 Å². The first kappa shape index (κ1) is 25.2. The minimum atomic E-state index is -0.583. The van der Waals surface area contributed by atoms with Crippen molar-refractivity contribution in [2.75, 3.05) is 6.54 Å². The van der Waals surface area contributed by atoms with Gasteiger partial charge in [0.05, 0.1) is 5.69 Å². The maximum atomic E-state index is 13.4. The topological polar surface area (TPSA) is 52.7 Å². The van der Waals surface area contributed by atoms with E-state index in [0.717, 1.165) is 50.4 Å². The lowest BCUT2D eigenvalue weighted by molar-refractivity contribution is 0.376. The van der Waals surface area contributed by atoms with Crippen LogP contribution in [0, 0.1) is 11.6 Å². The second kappa shape index (κ2) is 13.4. The molecule has 1 saturated carbocycles. The van der Waals surface area contributed by atoms with Crippen molar-refractivity contribution < 1.29 is 13.2 Å². The van der Waals surface area contributed by atoms with Gasteiger partial charge < -0.3 is 0 Å². The lowest BCUT2D eigenvalue weighted by Gasteiger charge is -2.28. The van der Waals surface area contributed by atoms with Gasteiger partial charge >= 0.3 is 0 Å². The Bertz CT molecular complexity index is 825. The summed E-state index contributed by atoms with van der Waals surface area (Å²) in [6, 6.07) is 5.93. The predicted octanol–water partition coefficient (Wildman–Crippen LogP) is 6.58. The van der Waals surface area contributed by atoms with Crippen molar-refractivity contribution in [1.82, 2.24) is 19.6 Å². The molecular weight excluding hydrogens is 421 g/mol. The number of aromatic amines is 1. The summed E-state index contributed by atoms with van der Waals surface area (Å²) in [5.74, 6) is -1.13. The number of rotatable bonds is 8. The zero-order valence-electron chi connectivity index (χ0n) is 18.1. The minimum Gasteiger partial charge on any atom is -0.282 e. The van der Waals surface area contributed by atoms with Crippen molar-refractivity contribution in [2.45, 2.75) is 57.9 Å². The minimum absolute atomic E-state index is 0.391. The summed E-state index contributed by atoms with van der Waals surface area (Å²) in [5.41, 5.74) is 2.11. The molecule has 31 heavy (non-hydrogen) atoms. The van der Waals surface area contributed by atoms with E-state index in [9.17, 15) is 13.2 Å². The fourth-order valence-corrected chi connectivity index (χ4v) is 4.17. The Morgan fingerprint density at radius 3 is 2.42 bits per heavy atom. The van der Waals surface area contributed by atoms with Crippen LogP contribution in [0.1, 0.15) is 57.6 Å². The van der Waals surface area contributed by atoms with Gasteiger partial charge in [0.25, 0.3) is 0 Å². The van der Waals surface area contributed by atoms with Gasteiger partial charge in [-0.15, -0.1) is 0 Å². The largest absolute Gasteiger partial charge is 0.282 e. The molecule has 0 radical (unpaired) electrons. The van der Waals surface area contributed by atoms with E-state index in [1.807, 2.05) is 6.07 Å². The zero-order chi connectivity index (χ0) is 22.6. The van der Waals surface area contributed by atoms with Crippen LogP contribution in [-0.2, 0) is 0 Å². The fraction of sp³-hybridized carbons (Fsp3) is 0.435. The molecule has 2 aromatic rings. The normalized spacial score (nSPS) is 18.6. The van der Waals surface area contributed by atoms with Gasteiger partial charge in [-0.2, -0.15) is 5.10 Å². The van der Waals surface area contributed by atoms with Crippen LogP contribution < -0.4 is 9.44 Å². The van der Waals surface area contributed by atoms with Crippen LogP contribution in [0.15, 0.2) is 48.8 Å². The monoisotopic (exact) mass is 452 g/mol. The van der Waals surface area contributed by atoms with Crippen LogP contribution in [0.25, 0.3) is 11.3 Å². The average Bonchev–Trinajstić information content (AvgIpc) is 3.22. The number of hydrogen-bond donors (Lipinski definition) is 3. The van der Waals surface area contributed by atoms with Gasteiger partial charge in [-0.3, -0.25) is 9.82 Å². The first-order valence-electron chi connectivity index (χ1n) is 10.6. The number of nitrogens with zero attached hydrogens (tertiary/aromatic N) is 1. The molecular formula is C23H31F3N4S. The molecule has 1 aliphatic rings. The van der Waals surface area contributed by atoms with E-state index >= 15 is 0 Å². The van der Waals surface area contributed by atoms with Gasteiger partial charge in [0.2, 0.25) is 0 Å². The highest BCUT2D eigenvalue weighted by atomic mass is 32.2. The highest BCUT2D eigenvalue weighted by Crippen LogP contribution is 2.34. The highest BCUT2D eigenvalue weighted by molar-refractivity contribution is 7.95. The van der Waals surface area contributed by atoms with Gasteiger partial charge in [-0.1, -0.05) is 19.6 Å². The molecule has 0 bridgehead atoms. The van der Waals surface area contributed by atoms with E-state index in [2.05, 4.69) is 33.1 Å². The van der Waals surface area contributed by atoms with Crippen molar-refractivity contribution >= 4 is 12.1 Å². The highest BCUT2D eigenvalue weighted by Gasteiger charge is 2.24. The Labute approximate surface area is 187 Å². The van der Waals surface area contributed by atoms with E-state index in [-0.39, 0.29) is 0 Å². The molecule has 1 heterocycles. The predicted molar refractivity (Wildman–Crippen MR) is 123 cm³/mol. The molecule has 3 rings (SSSR count). The Hall–Kier alpha value is -2.03. The van der Waals surface area contributed by atoms with Gasteiger partial charge in [0, 0.05) is 48.0 Å². The molecule has 4 nitrogen and oxygen atoms in total. The van der Waals surface area contributed by atoms with Crippen molar-refractivity contribution in [3.05, 3.63) is 66.2 Å². The fourth-order valence-electron chi connectivity index (χ4n) is 3.38. The Kier molecular flexibility index (Phi) is 10.9. The molecule has 1 aromatic carbocycles. The first-order valence-corrected chi connectivity index (χ1v) is 11.4. The van der Waals surface area contributed by atoms with Gasteiger partial charge in [-0.05, 0) is 63.3 Å². The number of H-pyrrole nitrogens is 1. The van der Waals surface area contributed by atoms with E-state index < -0.39 is 17.5 Å². The Morgan fingerprint density at radius 1 is 1.19 bits per heavy atom. The molecule has 1 fully saturated rings. The van der Waals surface area contributed by atoms with Crippen LogP contribution in [0.5, 0.6) is 0 Å². The standard InChI is InChI=1S/C18H24F2N4S.C5H7F/c1-2-7-21-25-24-16-5-3-12(4-6-16)17-11-18(23-22-17)13-8-14(19)10-15(20)9-13;1-3-4-5(2)6/h8-12,16,21,24H,2-7H2,1H3,(H,22,23);3-4H,2H2,1H3/b;4-3-. The Balaban J connectivity index is 0.000000501. The number of halogens is 3. The SMILES string of the molecule is C=C(F)/C=C\C.CCCNSNC1CCC(c2cc(-c3cc(F)cc(F)c3)n[nH]2)CC1. The lowest BCUT2D eigenvalue weighted by atomic mass is 9.84. The van der Waals surface area contributed by atoms with Crippen LogP contribution in [-0.4, -0.2) is 22.8 Å². The van der Waals surface area contributed by atoms with E-state index in [1.54, 1.807) is 25.1 Å². The van der Waals surface area contributed by atoms with Gasteiger partial charge in [-0.25, -0.2) is 17.9 Å². The second-order valence-electron chi connectivity index (χ2n) is 7.48. The second-order valence-corrected chi connectivity index (χ2v) is 8.20. The molecule has 8 heteroatoms. The third-order valence-electron chi connectivity index (χ3n) is 4.92. The number of allylic oxidation sites excluding steroid dienone is 3. The van der Waals surface area contributed by atoms with E-state index in [1.165, 1.54) is 18.2 Å². The third-order valence-corrected chi connectivity index (χ3v) is 5.72. The summed E-state index contributed by atoms with van der Waals surface area (Å²) >= 11 is 1.59. The maximum absolute atomic E-state index is 13.4. The molecule has 1 aromatic heterocycles.